The number of aromatic nitrogens is 4. The Labute approximate surface area is 162 Å². The standard InChI is InChI=1S/C20H21N5O3/c1-14-9-22-17(10-21-14)20(26)25-11-16(12-25)19-23-18(24-28-19)7-8-27-13-15-5-3-2-4-6-15/h2-6,9-10,16H,7-8,11-13H2,1H3. The Hall–Kier alpha value is -3.13. The minimum absolute atomic E-state index is 0.0637. The Morgan fingerprint density at radius 3 is 2.79 bits per heavy atom. The maximum atomic E-state index is 12.4. The molecule has 1 aliphatic heterocycles. The second kappa shape index (κ2) is 8.26. The third kappa shape index (κ3) is 4.23. The van der Waals surface area contributed by atoms with Crippen LogP contribution in [-0.2, 0) is 17.8 Å². The highest BCUT2D eigenvalue weighted by atomic mass is 16.5. The molecule has 1 aromatic carbocycles. The predicted octanol–water partition coefficient (Wildman–Crippen LogP) is 2.17. The molecule has 144 valence electrons. The molecule has 3 aromatic rings. The van der Waals surface area contributed by atoms with Crippen LogP contribution in [0, 0.1) is 6.92 Å². The zero-order valence-corrected chi connectivity index (χ0v) is 15.6. The number of rotatable bonds is 7. The van der Waals surface area contributed by atoms with Crippen LogP contribution >= 0.6 is 0 Å². The molecule has 1 saturated heterocycles. The van der Waals surface area contributed by atoms with Gasteiger partial charge in [0.1, 0.15) is 5.69 Å². The van der Waals surface area contributed by atoms with Crippen molar-refractivity contribution in [3.05, 3.63) is 71.4 Å². The van der Waals surface area contributed by atoms with Gasteiger partial charge in [0.2, 0.25) is 5.89 Å². The van der Waals surface area contributed by atoms with Crippen molar-refractivity contribution in [2.24, 2.45) is 0 Å². The van der Waals surface area contributed by atoms with Gasteiger partial charge in [-0.05, 0) is 12.5 Å². The molecule has 0 aliphatic carbocycles. The number of nitrogens with zero attached hydrogens (tertiary/aromatic N) is 5. The van der Waals surface area contributed by atoms with Crippen molar-refractivity contribution >= 4 is 5.91 Å². The van der Waals surface area contributed by atoms with Crippen molar-refractivity contribution < 1.29 is 14.1 Å². The Kier molecular flexibility index (Phi) is 5.38. The van der Waals surface area contributed by atoms with Crippen molar-refractivity contribution in [2.45, 2.75) is 25.9 Å². The second-order valence-electron chi connectivity index (χ2n) is 6.79. The molecule has 4 rings (SSSR count). The second-order valence-corrected chi connectivity index (χ2v) is 6.79. The number of amides is 1. The summed E-state index contributed by atoms with van der Waals surface area (Å²) in [6.07, 6.45) is 3.69. The van der Waals surface area contributed by atoms with E-state index in [9.17, 15) is 4.79 Å². The van der Waals surface area contributed by atoms with Gasteiger partial charge in [-0.3, -0.25) is 9.78 Å². The number of carbonyl (C=O) groups is 1. The quantitative estimate of drug-likeness (QED) is 0.581. The van der Waals surface area contributed by atoms with Gasteiger partial charge in [-0.25, -0.2) is 4.98 Å². The summed E-state index contributed by atoms with van der Waals surface area (Å²) in [7, 11) is 0. The van der Waals surface area contributed by atoms with E-state index in [1.165, 1.54) is 6.20 Å². The Bertz CT molecular complexity index is 921. The van der Waals surface area contributed by atoms with Gasteiger partial charge >= 0.3 is 0 Å². The molecule has 2 aromatic heterocycles. The fourth-order valence-electron chi connectivity index (χ4n) is 2.93. The summed E-state index contributed by atoms with van der Waals surface area (Å²) < 4.78 is 11.0. The van der Waals surface area contributed by atoms with Crippen LogP contribution in [0.3, 0.4) is 0 Å². The first kappa shape index (κ1) is 18.2. The number of carbonyl (C=O) groups excluding carboxylic acids is 1. The first-order valence-electron chi connectivity index (χ1n) is 9.21. The molecule has 0 N–H and O–H groups in total. The minimum Gasteiger partial charge on any atom is -0.376 e. The minimum atomic E-state index is -0.127. The molecule has 0 unspecified atom stereocenters. The Morgan fingerprint density at radius 1 is 1.21 bits per heavy atom. The van der Waals surface area contributed by atoms with E-state index in [1.807, 2.05) is 37.3 Å². The lowest BCUT2D eigenvalue weighted by atomic mass is 10.00. The lowest BCUT2D eigenvalue weighted by Gasteiger charge is -2.36. The van der Waals surface area contributed by atoms with Crippen LogP contribution in [0.5, 0.6) is 0 Å². The van der Waals surface area contributed by atoms with E-state index in [0.29, 0.717) is 50.1 Å². The van der Waals surface area contributed by atoms with Crippen molar-refractivity contribution in [3.8, 4) is 0 Å². The first-order chi connectivity index (χ1) is 13.7. The predicted molar refractivity (Wildman–Crippen MR) is 99.5 cm³/mol. The van der Waals surface area contributed by atoms with Crippen LogP contribution in [0.2, 0.25) is 0 Å². The van der Waals surface area contributed by atoms with Crippen LogP contribution in [0.15, 0.2) is 47.2 Å². The zero-order chi connectivity index (χ0) is 19.3. The maximum Gasteiger partial charge on any atom is 0.274 e. The van der Waals surface area contributed by atoms with Gasteiger partial charge < -0.3 is 14.2 Å². The highest BCUT2D eigenvalue weighted by molar-refractivity contribution is 5.92. The van der Waals surface area contributed by atoms with Crippen LogP contribution in [0.4, 0.5) is 0 Å². The van der Waals surface area contributed by atoms with E-state index in [4.69, 9.17) is 9.26 Å². The number of ether oxygens (including phenoxy) is 1. The molecule has 0 atom stereocenters. The van der Waals surface area contributed by atoms with Gasteiger partial charge in [0.15, 0.2) is 5.82 Å². The summed E-state index contributed by atoms with van der Waals surface area (Å²) in [5, 5.41) is 4.01. The van der Waals surface area contributed by atoms with Crippen molar-refractivity contribution in [2.75, 3.05) is 19.7 Å². The fraction of sp³-hybridized carbons (Fsp3) is 0.350. The molecule has 8 nitrogen and oxygen atoms in total. The zero-order valence-electron chi connectivity index (χ0n) is 15.6. The molecule has 28 heavy (non-hydrogen) atoms. The normalized spacial score (nSPS) is 14.1. The summed E-state index contributed by atoms with van der Waals surface area (Å²) in [4.78, 5) is 26.7. The summed E-state index contributed by atoms with van der Waals surface area (Å²) in [5.41, 5.74) is 2.27. The van der Waals surface area contributed by atoms with E-state index < -0.39 is 0 Å². The highest BCUT2D eigenvalue weighted by Gasteiger charge is 2.36. The lowest BCUT2D eigenvalue weighted by molar-refractivity contribution is 0.0562. The molecule has 1 fully saturated rings. The SMILES string of the molecule is Cc1cnc(C(=O)N2CC(c3nc(CCOCc4ccccc4)no3)C2)cn1. The topological polar surface area (TPSA) is 94.2 Å². The van der Waals surface area contributed by atoms with Crippen LogP contribution in [0.25, 0.3) is 0 Å². The highest BCUT2D eigenvalue weighted by Crippen LogP contribution is 2.26. The van der Waals surface area contributed by atoms with Gasteiger partial charge in [-0.1, -0.05) is 35.5 Å². The molecule has 3 heterocycles. The third-order valence-electron chi connectivity index (χ3n) is 4.58. The van der Waals surface area contributed by atoms with Crippen molar-refractivity contribution in [3.63, 3.8) is 0 Å². The fourth-order valence-corrected chi connectivity index (χ4v) is 2.93. The molecule has 0 saturated carbocycles. The van der Waals surface area contributed by atoms with Gasteiger partial charge in [0, 0.05) is 25.7 Å². The molecule has 0 spiro atoms. The van der Waals surface area contributed by atoms with E-state index in [-0.39, 0.29) is 11.8 Å². The summed E-state index contributed by atoms with van der Waals surface area (Å²) in [5.74, 6) is 1.13. The molecule has 1 amide bonds. The summed E-state index contributed by atoms with van der Waals surface area (Å²) in [6.45, 7) is 4.00. The molecule has 1 aliphatic rings. The van der Waals surface area contributed by atoms with E-state index >= 15 is 0 Å². The van der Waals surface area contributed by atoms with Crippen LogP contribution in [-0.4, -0.2) is 50.6 Å². The van der Waals surface area contributed by atoms with Crippen molar-refractivity contribution in [1.82, 2.24) is 25.0 Å². The van der Waals surface area contributed by atoms with Crippen LogP contribution in [0.1, 0.15) is 39.4 Å². The molecule has 0 radical (unpaired) electrons. The Balaban J connectivity index is 1.22. The summed E-state index contributed by atoms with van der Waals surface area (Å²) >= 11 is 0. The van der Waals surface area contributed by atoms with Crippen LogP contribution < -0.4 is 0 Å². The number of likely N-dealkylation sites (tertiary alicyclic amines) is 1. The van der Waals surface area contributed by atoms with E-state index in [2.05, 4.69) is 20.1 Å². The van der Waals surface area contributed by atoms with Crippen molar-refractivity contribution in [1.29, 1.82) is 0 Å². The molecule has 8 heteroatoms. The largest absolute Gasteiger partial charge is 0.376 e. The van der Waals surface area contributed by atoms with E-state index in [1.54, 1.807) is 11.1 Å². The smallest absolute Gasteiger partial charge is 0.274 e. The first-order valence-corrected chi connectivity index (χ1v) is 9.21. The van der Waals surface area contributed by atoms with Gasteiger partial charge in [0.05, 0.1) is 31.0 Å². The molecular formula is C20H21N5O3. The number of aryl methyl sites for hydroxylation is 1. The van der Waals surface area contributed by atoms with Gasteiger partial charge in [-0.15, -0.1) is 0 Å². The monoisotopic (exact) mass is 379 g/mol. The average molecular weight is 379 g/mol. The molecular weight excluding hydrogens is 358 g/mol. The average Bonchev–Trinajstić information content (AvgIpc) is 3.14. The maximum absolute atomic E-state index is 12.4. The van der Waals surface area contributed by atoms with E-state index in [0.717, 1.165) is 11.3 Å². The third-order valence-corrected chi connectivity index (χ3v) is 4.58. The molecule has 0 bridgehead atoms. The number of benzene rings is 1. The van der Waals surface area contributed by atoms with Gasteiger partial charge in [-0.2, -0.15) is 4.98 Å². The number of hydrogen-bond acceptors (Lipinski definition) is 7. The van der Waals surface area contributed by atoms with Gasteiger partial charge in [0.25, 0.3) is 5.91 Å². The number of hydrogen-bond donors (Lipinski definition) is 0. The summed E-state index contributed by atoms with van der Waals surface area (Å²) in [6, 6.07) is 10.0. The lowest BCUT2D eigenvalue weighted by Crippen LogP contribution is -2.48. The Morgan fingerprint density at radius 2 is 2.04 bits per heavy atom.